The molecule has 0 aliphatic rings. The van der Waals surface area contributed by atoms with Crippen LogP contribution in [-0.4, -0.2) is 43.6 Å². The number of carbonyl (C=O) groups is 2. The van der Waals surface area contributed by atoms with Gasteiger partial charge in [-0.15, -0.1) is 0 Å². The number of amides is 1. The first-order valence-electron chi connectivity index (χ1n) is 6.63. The minimum Gasteiger partial charge on any atom is -0.496 e. The highest BCUT2D eigenvalue weighted by atomic mass is 16.5. The molecule has 5 heteroatoms. The van der Waals surface area contributed by atoms with Crippen molar-refractivity contribution in [3.05, 3.63) is 29.3 Å². The van der Waals surface area contributed by atoms with E-state index in [-0.39, 0.29) is 12.5 Å². The molecule has 0 atom stereocenters. The Balaban J connectivity index is 2.96. The Labute approximate surface area is 119 Å². The summed E-state index contributed by atoms with van der Waals surface area (Å²) in [5, 5.41) is 0. The average Bonchev–Trinajstić information content (AvgIpc) is 2.44. The molecule has 1 amide bonds. The summed E-state index contributed by atoms with van der Waals surface area (Å²) in [6.45, 7) is 6.13. The molecule has 1 aromatic carbocycles. The Morgan fingerprint density at radius 2 is 1.95 bits per heavy atom. The minimum absolute atomic E-state index is 0.0553. The quantitative estimate of drug-likeness (QED) is 0.748. The molecule has 0 aromatic heterocycles. The number of hydrogen-bond donors (Lipinski definition) is 0. The molecule has 0 spiro atoms. The lowest BCUT2D eigenvalue weighted by molar-refractivity contribution is -0.143. The molecule has 0 unspecified atom stereocenters. The van der Waals surface area contributed by atoms with Gasteiger partial charge < -0.3 is 14.4 Å². The van der Waals surface area contributed by atoms with Crippen LogP contribution in [-0.2, 0) is 9.53 Å². The molecular weight excluding hydrogens is 258 g/mol. The molecule has 0 N–H and O–H groups in total. The highest BCUT2D eigenvalue weighted by molar-refractivity contribution is 5.98. The minimum atomic E-state index is -0.408. The van der Waals surface area contributed by atoms with Gasteiger partial charge in [-0.3, -0.25) is 9.59 Å². The lowest BCUT2D eigenvalue weighted by Crippen LogP contribution is -2.36. The predicted octanol–water partition coefficient (Wildman–Crippen LogP) is 2.03. The van der Waals surface area contributed by atoms with Crippen LogP contribution in [0.4, 0.5) is 0 Å². The molecule has 1 aromatic rings. The lowest BCUT2D eigenvalue weighted by Gasteiger charge is -2.21. The smallest absolute Gasteiger partial charge is 0.325 e. The number of nitrogens with zero attached hydrogens (tertiary/aromatic N) is 1. The van der Waals surface area contributed by atoms with Crippen molar-refractivity contribution in [2.75, 3.05) is 26.8 Å². The number of rotatable bonds is 6. The molecule has 0 fully saturated rings. The van der Waals surface area contributed by atoms with E-state index in [1.165, 1.54) is 12.0 Å². The second-order valence-corrected chi connectivity index (χ2v) is 4.33. The molecule has 110 valence electrons. The van der Waals surface area contributed by atoms with E-state index in [2.05, 4.69) is 0 Å². The zero-order chi connectivity index (χ0) is 15.1. The van der Waals surface area contributed by atoms with Crippen molar-refractivity contribution in [2.24, 2.45) is 0 Å². The van der Waals surface area contributed by atoms with Crippen LogP contribution in [0.1, 0.15) is 29.8 Å². The van der Waals surface area contributed by atoms with Crippen molar-refractivity contribution in [3.8, 4) is 5.75 Å². The largest absolute Gasteiger partial charge is 0.496 e. The van der Waals surface area contributed by atoms with E-state index >= 15 is 0 Å². The van der Waals surface area contributed by atoms with Crippen molar-refractivity contribution >= 4 is 11.9 Å². The Morgan fingerprint density at radius 1 is 1.25 bits per heavy atom. The number of methoxy groups -OCH3 is 1. The zero-order valence-corrected chi connectivity index (χ0v) is 12.4. The van der Waals surface area contributed by atoms with Gasteiger partial charge in [0, 0.05) is 6.54 Å². The molecule has 0 heterocycles. The van der Waals surface area contributed by atoms with Crippen LogP contribution in [0.5, 0.6) is 5.75 Å². The Bertz CT molecular complexity index is 485. The first kappa shape index (κ1) is 16.0. The summed E-state index contributed by atoms with van der Waals surface area (Å²) in [4.78, 5) is 25.4. The van der Waals surface area contributed by atoms with Crippen molar-refractivity contribution < 1.29 is 19.1 Å². The van der Waals surface area contributed by atoms with Crippen LogP contribution in [0.3, 0.4) is 0 Å². The molecule has 20 heavy (non-hydrogen) atoms. The second kappa shape index (κ2) is 7.53. The first-order valence-corrected chi connectivity index (χ1v) is 6.63. The summed E-state index contributed by atoms with van der Waals surface area (Å²) in [6, 6.07) is 5.38. The van der Waals surface area contributed by atoms with Crippen LogP contribution in [0.2, 0.25) is 0 Å². The standard InChI is InChI=1S/C15H21NO4/c1-5-16(10-14(17)20-6-2)15(18)12-9-11(3)7-8-13(12)19-4/h7-9H,5-6,10H2,1-4H3. The average molecular weight is 279 g/mol. The van der Waals surface area contributed by atoms with E-state index in [1.807, 2.05) is 19.9 Å². The third kappa shape index (κ3) is 3.98. The Morgan fingerprint density at radius 3 is 2.50 bits per heavy atom. The first-order chi connectivity index (χ1) is 9.53. The van der Waals surface area contributed by atoms with Gasteiger partial charge in [0.25, 0.3) is 5.91 Å². The van der Waals surface area contributed by atoms with Gasteiger partial charge >= 0.3 is 5.97 Å². The number of hydrogen-bond acceptors (Lipinski definition) is 4. The van der Waals surface area contributed by atoms with Crippen molar-refractivity contribution in [1.82, 2.24) is 4.90 Å². The summed E-state index contributed by atoms with van der Waals surface area (Å²) in [5.41, 5.74) is 1.42. The van der Waals surface area contributed by atoms with Crippen molar-refractivity contribution in [3.63, 3.8) is 0 Å². The highest BCUT2D eigenvalue weighted by Crippen LogP contribution is 2.21. The normalized spacial score (nSPS) is 10.0. The fourth-order valence-corrected chi connectivity index (χ4v) is 1.85. The van der Waals surface area contributed by atoms with Gasteiger partial charge in [-0.2, -0.15) is 0 Å². The molecule has 0 aliphatic heterocycles. The van der Waals surface area contributed by atoms with E-state index in [0.29, 0.717) is 24.5 Å². The summed E-state index contributed by atoms with van der Waals surface area (Å²) in [7, 11) is 1.52. The van der Waals surface area contributed by atoms with E-state index < -0.39 is 5.97 Å². The predicted molar refractivity (Wildman–Crippen MR) is 75.9 cm³/mol. The number of benzene rings is 1. The van der Waals surface area contributed by atoms with Gasteiger partial charge in [-0.05, 0) is 32.9 Å². The van der Waals surface area contributed by atoms with Crippen LogP contribution in [0.25, 0.3) is 0 Å². The van der Waals surface area contributed by atoms with Gasteiger partial charge in [0.15, 0.2) is 0 Å². The summed E-state index contributed by atoms with van der Waals surface area (Å²) in [6.07, 6.45) is 0. The molecule has 0 saturated heterocycles. The SMILES string of the molecule is CCOC(=O)CN(CC)C(=O)c1cc(C)ccc1OC. The van der Waals surface area contributed by atoms with Gasteiger partial charge in [0.1, 0.15) is 12.3 Å². The zero-order valence-electron chi connectivity index (χ0n) is 12.4. The maximum Gasteiger partial charge on any atom is 0.325 e. The summed E-state index contributed by atoms with van der Waals surface area (Å²) < 4.78 is 10.1. The van der Waals surface area contributed by atoms with Crippen LogP contribution >= 0.6 is 0 Å². The Kier molecular flexibility index (Phi) is 6.03. The Hall–Kier alpha value is -2.04. The fourth-order valence-electron chi connectivity index (χ4n) is 1.85. The number of ether oxygens (including phenoxy) is 2. The lowest BCUT2D eigenvalue weighted by atomic mass is 10.1. The molecule has 0 aliphatic carbocycles. The van der Waals surface area contributed by atoms with Gasteiger partial charge in [0.05, 0.1) is 19.3 Å². The number of carbonyl (C=O) groups excluding carboxylic acids is 2. The summed E-state index contributed by atoms with van der Waals surface area (Å²) in [5.74, 6) is -0.140. The van der Waals surface area contributed by atoms with Crippen molar-refractivity contribution in [1.29, 1.82) is 0 Å². The van der Waals surface area contributed by atoms with Crippen LogP contribution in [0, 0.1) is 6.92 Å². The third-order valence-electron chi connectivity index (χ3n) is 2.88. The van der Waals surface area contributed by atoms with Gasteiger partial charge in [0.2, 0.25) is 0 Å². The fraction of sp³-hybridized carbons (Fsp3) is 0.467. The second-order valence-electron chi connectivity index (χ2n) is 4.33. The molecule has 5 nitrogen and oxygen atoms in total. The van der Waals surface area contributed by atoms with E-state index in [9.17, 15) is 9.59 Å². The monoisotopic (exact) mass is 279 g/mol. The summed E-state index contributed by atoms with van der Waals surface area (Å²) >= 11 is 0. The molecule has 0 saturated carbocycles. The maximum absolute atomic E-state index is 12.5. The van der Waals surface area contributed by atoms with Gasteiger partial charge in [-0.1, -0.05) is 11.6 Å². The van der Waals surface area contributed by atoms with E-state index in [1.54, 1.807) is 19.1 Å². The molecular formula is C15H21NO4. The highest BCUT2D eigenvalue weighted by Gasteiger charge is 2.21. The van der Waals surface area contributed by atoms with Crippen LogP contribution in [0.15, 0.2) is 18.2 Å². The topological polar surface area (TPSA) is 55.8 Å². The van der Waals surface area contributed by atoms with E-state index in [4.69, 9.17) is 9.47 Å². The molecule has 0 bridgehead atoms. The van der Waals surface area contributed by atoms with Crippen LogP contribution < -0.4 is 4.74 Å². The molecule has 1 rings (SSSR count). The third-order valence-corrected chi connectivity index (χ3v) is 2.88. The number of esters is 1. The molecule has 0 radical (unpaired) electrons. The van der Waals surface area contributed by atoms with Crippen molar-refractivity contribution in [2.45, 2.75) is 20.8 Å². The van der Waals surface area contributed by atoms with Gasteiger partial charge in [-0.25, -0.2) is 0 Å². The number of likely N-dealkylation sites (N-methyl/N-ethyl adjacent to an activating group) is 1. The maximum atomic E-state index is 12.5. The van der Waals surface area contributed by atoms with E-state index in [0.717, 1.165) is 5.56 Å². The number of aryl methyl sites for hydroxylation is 1.